The Morgan fingerprint density at radius 1 is 1.35 bits per heavy atom. The monoisotopic (exact) mass is 295 g/mol. The average Bonchev–Trinajstić information content (AvgIpc) is 2.73. The number of benzene rings is 1. The van der Waals surface area contributed by atoms with Gasteiger partial charge in [0.25, 0.3) is 0 Å². The Bertz CT molecular complexity index is 436. The standard InChI is InChI=1S/C13H14BrNO2/c14-11-9-6-10(16)12(11)15(13(9)17)7-8-4-2-1-3-5-8/h1-5,9-12,16H,6-7H2/t9-,10-,11-,12+/m0/s1. The van der Waals surface area contributed by atoms with Gasteiger partial charge in [0.15, 0.2) is 0 Å². The molecule has 1 heterocycles. The number of aliphatic hydroxyl groups is 1. The second-order valence-corrected chi connectivity index (χ2v) is 5.85. The van der Waals surface area contributed by atoms with Crippen LogP contribution in [0, 0.1) is 5.92 Å². The number of amides is 1. The number of fused-ring (bicyclic) bond motifs is 2. The number of nitrogens with zero attached hydrogens (tertiary/aromatic N) is 1. The number of rotatable bonds is 2. The first kappa shape index (κ1) is 11.2. The minimum atomic E-state index is -0.384. The van der Waals surface area contributed by atoms with Crippen LogP contribution in [-0.4, -0.2) is 32.9 Å². The molecule has 1 saturated carbocycles. The zero-order valence-corrected chi connectivity index (χ0v) is 10.9. The third kappa shape index (κ3) is 1.70. The van der Waals surface area contributed by atoms with Crippen LogP contribution in [0.2, 0.25) is 0 Å². The summed E-state index contributed by atoms with van der Waals surface area (Å²) < 4.78 is 0. The van der Waals surface area contributed by atoms with E-state index in [9.17, 15) is 9.90 Å². The summed E-state index contributed by atoms with van der Waals surface area (Å²) in [6, 6.07) is 9.85. The van der Waals surface area contributed by atoms with E-state index in [0.717, 1.165) is 5.56 Å². The topological polar surface area (TPSA) is 40.5 Å². The molecule has 4 heteroatoms. The lowest BCUT2D eigenvalue weighted by Crippen LogP contribution is -2.44. The van der Waals surface area contributed by atoms with E-state index in [2.05, 4.69) is 15.9 Å². The van der Waals surface area contributed by atoms with E-state index in [1.807, 2.05) is 35.2 Å². The minimum absolute atomic E-state index is 0.0429. The lowest BCUT2D eigenvalue weighted by atomic mass is 10.1. The van der Waals surface area contributed by atoms with E-state index in [4.69, 9.17) is 0 Å². The van der Waals surface area contributed by atoms with Crippen LogP contribution in [0.1, 0.15) is 12.0 Å². The van der Waals surface area contributed by atoms with Crippen LogP contribution < -0.4 is 0 Å². The Morgan fingerprint density at radius 2 is 2.06 bits per heavy atom. The maximum atomic E-state index is 12.1. The summed E-state index contributed by atoms with van der Waals surface area (Å²) in [5.41, 5.74) is 1.11. The molecule has 3 nitrogen and oxygen atoms in total. The number of alkyl halides is 1. The molecule has 0 aromatic heterocycles. The zero-order chi connectivity index (χ0) is 12.0. The van der Waals surface area contributed by atoms with Crippen LogP contribution in [0.5, 0.6) is 0 Å². The first-order chi connectivity index (χ1) is 8.18. The molecule has 1 aromatic rings. The molecule has 2 bridgehead atoms. The smallest absolute Gasteiger partial charge is 0.227 e. The van der Waals surface area contributed by atoms with Gasteiger partial charge in [-0.05, 0) is 12.0 Å². The molecule has 1 aliphatic carbocycles. The first-order valence-corrected chi connectivity index (χ1v) is 6.76. The Hall–Kier alpha value is -0.870. The highest BCUT2D eigenvalue weighted by Gasteiger charge is 2.56. The number of aliphatic hydroxyl groups excluding tert-OH is 1. The molecule has 2 aliphatic rings. The lowest BCUT2D eigenvalue weighted by molar-refractivity contribution is -0.138. The number of carbonyl (C=O) groups is 1. The van der Waals surface area contributed by atoms with E-state index in [1.54, 1.807) is 0 Å². The van der Waals surface area contributed by atoms with Crippen LogP contribution in [0.25, 0.3) is 0 Å². The summed E-state index contributed by atoms with van der Waals surface area (Å²) in [5.74, 6) is 0.129. The van der Waals surface area contributed by atoms with Gasteiger partial charge in [-0.25, -0.2) is 0 Å². The van der Waals surface area contributed by atoms with Crippen molar-refractivity contribution in [3.8, 4) is 0 Å². The fraction of sp³-hybridized carbons (Fsp3) is 0.462. The van der Waals surface area contributed by atoms with Gasteiger partial charge in [0, 0.05) is 11.4 Å². The minimum Gasteiger partial charge on any atom is -0.391 e. The van der Waals surface area contributed by atoms with Crippen molar-refractivity contribution >= 4 is 21.8 Å². The van der Waals surface area contributed by atoms with Gasteiger partial charge in [-0.3, -0.25) is 4.79 Å². The number of hydrogen-bond donors (Lipinski definition) is 1. The number of likely N-dealkylation sites (tertiary alicyclic amines) is 1. The van der Waals surface area contributed by atoms with E-state index >= 15 is 0 Å². The van der Waals surface area contributed by atoms with Gasteiger partial charge in [0.05, 0.1) is 18.1 Å². The fourth-order valence-electron chi connectivity index (χ4n) is 2.92. The average molecular weight is 296 g/mol. The Kier molecular flexibility index (Phi) is 2.71. The molecule has 0 spiro atoms. The molecule has 1 N–H and O–H groups in total. The van der Waals surface area contributed by atoms with Crippen molar-refractivity contribution in [1.29, 1.82) is 0 Å². The Balaban J connectivity index is 1.83. The molecule has 0 unspecified atom stereocenters. The lowest BCUT2D eigenvalue weighted by Gasteiger charge is -2.30. The van der Waals surface area contributed by atoms with Gasteiger partial charge >= 0.3 is 0 Å². The summed E-state index contributed by atoms with van der Waals surface area (Å²) >= 11 is 3.54. The van der Waals surface area contributed by atoms with E-state index in [1.165, 1.54) is 0 Å². The molecule has 3 rings (SSSR count). The predicted molar refractivity (Wildman–Crippen MR) is 67.6 cm³/mol. The predicted octanol–water partition coefficient (Wildman–Crippen LogP) is 1.54. The van der Waals surface area contributed by atoms with E-state index in [-0.39, 0.29) is 28.8 Å². The van der Waals surface area contributed by atoms with Crippen molar-refractivity contribution < 1.29 is 9.90 Å². The van der Waals surface area contributed by atoms with Crippen LogP contribution in [0.3, 0.4) is 0 Å². The molecule has 2 fully saturated rings. The van der Waals surface area contributed by atoms with Crippen molar-refractivity contribution in [2.45, 2.75) is 29.9 Å². The molecule has 90 valence electrons. The molecular formula is C13H14BrNO2. The SMILES string of the molecule is O=C1[C@H]2C[C@H](O)[C@H]([C@H]2Br)N1Cc1ccccc1. The number of carbonyl (C=O) groups excluding carboxylic acids is 1. The van der Waals surface area contributed by atoms with Gasteiger partial charge in [-0.2, -0.15) is 0 Å². The maximum Gasteiger partial charge on any atom is 0.227 e. The molecule has 0 radical (unpaired) electrons. The molecular weight excluding hydrogens is 282 g/mol. The summed E-state index contributed by atoms with van der Waals surface area (Å²) in [6.07, 6.45) is 0.218. The second-order valence-electron chi connectivity index (χ2n) is 4.80. The van der Waals surface area contributed by atoms with Gasteiger partial charge in [0.2, 0.25) is 5.91 Å². The summed E-state index contributed by atoms with van der Waals surface area (Å²) in [7, 11) is 0. The highest BCUT2D eigenvalue weighted by molar-refractivity contribution is 9.09. The van der Waals surface area contributed by atoms with Gasteiger partial charge in [0.1, 0.15) is 0 Å². The quantitative estimate of drug-likeness (QED) is 0.841. The third-order valence-corrected chi connectivity index (χ3v) is 4.94. The van der Waals surface area contributed by atoms with Crippen molar-refractivity contribution in [2.24, 2.45) is 5.92 Å². The largest absolute Gasteiger partial charge is 0.391 e. The Morgan fingerprint density at radius 3 is 2.71 bits per heavy atom. The van der Waals surface area contributed by atoms with Crippen LogP contribution >= 0.6 is 15.9 Å². The van der Waals surface area contributed by atoms with E-state index in [0.29, 0.717) is 13.0 Å². The number of piperidine rings is 1. The molecule has 4 atom stereocenters. The number of halogens is 1. The third-order valence-electron chi connectivity index (χ3n) is 3.76. The molecule has 1 aromatic carbocycles. The second kappa shape index (κ2) is 4.10. The van der Waals surface area contributed by atoms with Crippen molar-refractivity contribution in [3.05, 3.63) is 35.9 Å². The zero-order valence-electron chi connectivity index (χ0n) is 9.29. The van der Waals surface area contributed by atoms with Gasteiger partial charge < -0.3 is 10.0 Å². The fourth-order valence-corrected chi connectivity index (χ4v) is 4.00. The molecule has 1 saturated heterocycles. The molecule has 1 amide bonds. The van der Waals surface area contributed by atoms with Crippen molar-refractivity contribution in [2.75, 3.05) is 0 Å². The summed E-state index contributed by atoms with van der Waals surface area (Å²) in [6.45, 7) is 0.597. The van der Waals surface area contributed by atoms with Crippen LogP contribution in [0.15, 0.2) is 30.3 Å². The highest BCUT2D eigenvalue weighted by atomic mass is 79.9. The molecule has 1 aliphatic heterocycles. The highest BCUT2D eigenvalue weighted by Crippen LogP contribution is 2.43. The normalized spacial score (nSPS) is 35.6. The summed E-state index contributed by atoms with van der Waals surface area (Å²) in [5, 5.41) is 9.93. The maximum absolute atomic E-state index is 12.1. The van der Waals surface area contributed by atoms with Gasteiger partial charge in [-0.15, -0.1) is 0 Å². The first-order valence-electron chi connectivity index (χ1n) is 5.85. The molecule has 17 heavy (non-hydrogen) atoms. The Labute approximate surface area is 109 Å². The van der Waals surface area contributed by atoms with Crippen molar-refractivity contribution in [3.63, 3.8) is 0 Å². The van der Waals surface area contributed by atoms with Crippen molar-refractivity contribution in [1.82, 2.24) is 4.90 Å². The van der Waals surface area contributed by atoms with E-state index < -0.39 is 0 Å². The summed E-state index contributed by atoms with van der Waals surface area (Å²) in [4.78, 5) is 14.0. The van der Waals surface area contributed by atoms with Crippen LogP contribution in [-0.2, 0) is 11.3 Å². The number of hydrogen-bond acceptors (Lipinski definition) is 2. The van der Waals surface area contributed by atoms with Crippen LogP contribution in [0.4, 0.5) is 0 Å². The van der Waals surface area contributed by atoms with Gasteiger partial charge in [-0.1, -0.05) is 46.3 Å².